The lowest BCUT2D eigenvalue weighted by Gasteiger charge is -2.24. The molecule has 0 aliphatic rings. The van der Waals surface area contributed by atoms with Crippen LogP contribution in [0.5, 0.6) is 0 Å². The second-order valence-electron chi connectivity index (χ2n) is 3.80. The molecule has 0 aliphatic heterocycles. The lowest BCUT2D eigenvalue weighted by molar-refractivity contribution is -0.143. The fourth-order valence-corrected chi connectivity index (χ4v) is 1.60. The van der Waals surface area contributed by atoms with Crippen molar-refractivity contribution < 1.29 is 14.7 Å². The molecule has 0 spiro atoms. The van der Waals surface area contributed by atoms with E-state index in [9.17, 15) is 9.59 Å². The Hall–Kier alpha value is -1.43. The van der Waals surface area contributed by atoms with Crippen molar-refractivity contribution in [2.75, 3.05) is 0 Å². The smallest absolute Gasteiger partial charge is 0.329 e. The molecule has 0 saturated heterocycles. The molecule has 1 heterocycles. The fraction of sp³-hybridized carbons (Fsp3) is 0.364. The molecular weight excluding hydrogens is 288 g/mol. The van der Waals surface area contributed by atoms with Crippen LogP contribution >= 0.6 is 15.9 Å². The van der Waals surface area contributed by atoms with E-state index in [1.165, 1.54) is 25.4 Å². The Morgan fingerprint density at radius 1 is 1.59 bits per heavy atom. The third-order valence-electron chi connectivity index (χ3n) is 2.59. The second kappa shape index (κ2) is 5.27. The van der Waals surface area contributed by atoms with E-state index in [1.807, 2.05) is 0 Å². The van der Waals surface area contributed by atoms with Gasteiger partial charge >= 0.3 is 5.97 Å². The summed E-state index contributed by atoms with van der Waals surface area (Å²) in [6, 6.07) is 1.53. The summed E-state index contributed by atoms with van der Waals surface area (Å²) in [5, 5.41) is 11.6. The third kappa shape index (κ3) is 3.03. The highest BCUT2D eigenvalue weighted by atomic mass is 79.9. The monoisotopic (exact) mass is 300 g/mol. The van der Waals surface area contributed by atoms with Crippen molar-refractivity contribution in [2.24, 2.45) is 0 Å². The topological polar surface area (TPSA) is 79.3 Å². The van der Waals surface area contributed by atoms with Crippen molar-refractivity contribution in [1.29, 1.82) is 0 Å². The van der Waals surface area contributed by atoms with Gasteiger partial charge in [-0.1, -0.05) is 6.92 Å². The first-order valence-corrected chi connectivity index (χ1v) is 5.85. The van der Waals surface area contributed by atoms with E-state index in [-0.39, 0.29) is 0 Å². The predicted octanol–water partition coefficient (Wildman–Crippen LogP) is 1.83. The first-order chi connectivity index (χ1) is 7.90. The molecule has 2 N–H and O–H groups in total. The number of carbonyl (C=O) groups is 2. The molecule has 1 amide bonds. The van der Waals surface area contributed by atoms with Crippen LogP contribution in [0.25, 0.3) is 0 Å². The van der Waals surface area contributed by atoms with Gasteiger partial charge in [0.2, 0.25) is 0 Å². The number of carboxylic acids is 1. The molecule has 1 aromatic rings. The Morgan fingerprint density at radius 3 is 2.71 bits per heavy atom. The summed E-state index contributed by atoms with van der Waals surface area (Å²) in [6.07, 6.45) is 3.26. The van der Waals surface area contributed by atoms with E-state index >= 15 is 0 Å². The molecule has 0 bridgehead atoms. The lowest BCUT2D eigenvalue weighted by Crippen LogP contribution is -2.51. The number of aliphatic carboxylic acids is 1. The minimum Gasteiger partial charge on any atom is -0.480 e. The molecule has 1 unspecified atom stereocenters. The molecule has 0 fully saturated rings. The number of hydrogen-bond donors (Lipinski definition) is 2. The number of pyridine rings is 1. The Kier molecular flexibility index (Phi) is 4.22. The van der Waals surface area contributed by atoms with Crippen LogP contribution in [0, 0.1) is 0 Å². The SMILES string of the molecule is CCC(C)(NC(=O)c1ccncc1Br)C(=O)O. The molecule has 0 aromatic carbocycles. The maximum Gasteiger partial charge on any atom is 0.329 e. The molecule has 0 radical (unpaired) electrons. The number of aromatic nitrogens is 1. The number of nitrogens with one attached hydrogen (secondary N) is 1. The zero-order valence-corrected chi connectivity index (χ0v) is 11.1. The molecule has 6 heteroatoms. The van der Waals surface area contributed by atoms with Gasteiger partial charge in [-0.2, -0.15) is 0 Å². The second-order valence-corrected chi connectivity index (χ2v) is 4.65. The molecular formula is C11H13BrN2O3. The third-order valence-corrected chi connectivity index (χ3v) is 3.22. The van der Waals surface area contributed by atoms with Crippen molar-refractivity contribution in [2.45, 2.75) is 25.8 Å². The van der Waals surface area contributed by atoms with Crippen molar-refractivity contribution >= 4 is 27.8 Å². The normalized spacial score (nSPS) is 13.8. The first kappa shape index (κ1) is 13.6. The molecule has 17 heavy (non-hydrogen) atoms. The van der Waals surface area contributed by atoms with Crippen LogP contribution in [0.3, 0.4) is 0 Å². The summed E-state index contributed by atoms with van der Waals surface area (Å²) in [5.74, 6) is -1.50. The molecule has 1 atom stereocenters. The van der Waals surface area contributed by atoms with Gasteiger partial charge in [0.05, 0.1) is 5.56 Å². The van der Waals surface area contributed by atoms with Crippen LogP contribution in [0.1, 0.15) is 30.6 Å². The zero-order valence-electron chi connectivity index (χ0n) is 9.53. The highest BCUT2D eigenvalue weighted by Gasteiger charge is 2.33. The number of carboxylic acid groups (broad SMARTS) is 1. The van der Waals surface area contributed by atoms with Crippen molar-refractivity contribution in [3.8, 4) is 0 Å². The first-order valence-electron chi connectivity index (χ1n) is 5.06. The molecule has 0 saturated carbocycles. The average molecular weight is 301 g/mol. The summed E-state index contributed by atoms with van der Waals surface area (Å²) < 4.78 is 0.529. The van der Waals surface area contributed by atoms with Gasteiger partial charge in [0.15, 0.2) is 0 Å². The minimum absolute atomic E-state index is 0.302. The molecule has 0 aliphatic carbocycles. The molecule has 1 aromatic heterocycles. The number of carbonyl (C=O) groups excluding carboxylic acids is 1. The summed E-state index contributed by atoms with van der Waals surface area (Å²) in [5.41, 5.74) is -0.902. The Balaban J connectivity index is 2.93. The summed E-state index contributed by atoms with van der Waals surface area (Å²) in [6.45, 7) is 3.18. The van der Waals surface area contributed by atoms with Gasteiger partial charge in [0.1, 0.15) is 5.54 Å². The molecule has 5 nitrogen and oxygen atoms in total. The van der Waals surface area contributed by atoms with Crippen LogP contribution in [-0.4, -0.2) is 27.5 Å². The van der Waals surface area contributed by atoms with E-state index in [0.29, 0.717) is 16.5 Å². The Morgan fingerprint density at radius 2 is 2.24 bits per heavy atom. The number of amides is 1. The fourth-order valence-electron chi connectivity index (χ4n) is 1.17. The van der Waals surface area contributed by atoms with Crippen LogP contribution in [-0.2, 0) is 4.79 Å². The quantitative estimate of drug-likeness (QED) is 0.889. The number of halogens is 1. The van der Waals surface area contributed by atoms with Crippen molar-refractivity contribution in [3.05, 3.63) is 28.5 Å². The highest BCUT2D eigenvalue weighted by Crippen LogP contribution is 2.17. The maximum atomic E-state index is 11.9. The van der Waals surface area contributed by atoms with E-state index in [2.05, 4.69) is 26.2 Å². The minimum atomic E-state index is -1.26. The van der Waals surface area contributed by atoms with Gasteiger partial charge in [-0.3, -0.25) is 9.78 Å². The van der Waals surface area contributed by atoms with Gasteiger partial charge in [-0.15, -0.1) is 0 Å². The van der Waals surface area contributed by atoms with Crippen molar-refractivity contribution in [1.82, 2.24) is 10.3 Å². The van der Waals surface area contributed by atoms with Gasteiger partial charge in [-0.05, 0) is 35.3 Å². The lowest BCUT2D eigenvalue weighted by atomic mass is 9.98. The van der Waals surface area contributed by atoms with Gasteiger partial charge in [-0.25, -0.2) is 4.79 Å². The van der Waals surface area contributed by atoms with Gasteiger partial charge in [0, 0.05) is 16.9 Å². The molecule has 92 valence electrons. The Labute approximate surface area is 107 Å². The van der Waals surface area contributed by atoms with Crippen LogP contribution in [0.4, 0.5) is 0 Å². The van der Waals surface area contributed by atoms with E-state index < -0.39 is 17.4 Å². The van der Waals surface area contributed by atoms with Crippen molar-refractivity contribution in [3.63, 3.8) is 0 Å². The zero-order chi connectivity index (χ0) is 13.1. The summed E-state index contributed by atoms with van der Waals surface area (Å²) in [7, 11) is 0. The van der Waals surface area contributed by atoms with E-state index in [1.54, 1.807) is 6.92 Å². The number of nitrogens with zero attached hydrogens (tertiary/aromatic N) is 1. The molecule has 1 rings (SSSR count). The number of rotatable bonds is 4. The Bertz CT molecular complexity index is 450. The summed E-state index contributed by atoms with van der Waals surface area (Å²) >= 11 is 3.19. The van der Waals surface area contributed by atoms with Gasteiger partial charge < -0.3 is 10.4 Å². The van der Waals surface area contributed by atoms with E-state index in [4.69, 9.17) is 5.11 Å². The van der Waals surface area contributed by atoms with Crippen LogP contribution in [0.15, 0.2) is 22.9 Å². The van der Waals surface area contributed by atoms with Crippen LogP contribution in [0.2, 0.25) is 0 Å². The highest BCUT2D eigenvalue weighted by molar-refractivity contribution is 9.10. The standard InChI is InChI=1S/C11H13BrN2O3/c1-3-11(2,10(16)17)14-9(15)7-4-5-13-6-8(7)12/h4-6H,3H2,1-2H3,(H,14,15)(H,16,17). The van der Waals surface area contributed by atoms with E-state index in [0.717, 1.165) is 0 Å². The van der Waals surface area contributed by atoms with Gasteiger partial charge in [0.25, 0.3) is 5.91 Å². The summed E-state index contributed by atoms with van der Waals surface area (Å²) in [4.78, 5) is 26.8. The number of hydrogen-bond acceptors (Lipinski definition) is 3. The largest absolute Gasteiger partial charge is 0.480 e. The average Bonchev–Trinajstić information content (AvgIpc) is 2.29. The van der Waals surface area contributed by atoms with Crippen LogP contribution < -0.4 is 5.32 Å². The predicted molar refractivity (Wildman–Crippen MR) is 65.7 cm³/mol. The maximum absolute atomic E-state index is 11.9.